The summed E-state index contributed by atoms with van der Waals surface area (Å²) in [5, 5.41) is 11.1. The van der Waals surface area contributed by atoms with Crippen LogP contribution in [0.15, 0.2) is 64.2 Å². The van der Waals surface area contributed by atoms with E-state index in [1.165, 1.54) is 4.90 Å². The maximum absolute atomic E-state index is 12.3. The number of nitrogens with one attached hydrogen (secondary N) is 1. The highest BCUT2D eigenvalue weighted by Gasteiger charge is 2.16. The van der Waals surface area contributed by atoms with Crippen molar-refractivity contribution in [1.29, 1.82) is 0 Å². The highest BCUT2D eigenvalue weighted by Crippen LogP contribution is 2.18. The first-order valence-corrected chi connectivity index (χ1v) is 10.1. The molecule has 0 atom stereocenters. The number of benzene rings is 2. The molecule has 0 saturated carbocycles. The number of rotatable bonds is 8. The van der Waals surface area contributed by atoms with E-state index in [0.717, 1.165) is 22.9 Å². The minimum atomic E-state index is -0.252. The molecular formula is C21H22N4O3S. The number of aryl methyl sites for hydroxylation is 1. The molecule has 0 unspecified atom stereocenters. The molecule has 0 fully saturated rings. The summed E-state index contributed by atoms with van der Waals surface area (Å²) < 4.78 is 5.58. The van der Waals surface area contributed by atoms with Crippen molar-refractivity contribution < 1.29 is 14.0 Å². The third kappa shape index (κ3) is 6.46. The van der Waals surface area contributed by atoms with Crippen molar-refractivity contribution in [2.45, 2.75) is 18.6 Å². The second kappa shape index (κ2) is 9.88. The normalized spacial score (nSPS) is 10.6. The fourth-order valence-corrected chi connectivity index (χ4v) is 3.23. The molecule has 0 bridgehead atoms. The van der Waals surface area contributed by atoms with E-state index in [1.54, 1.807) is 7.05 Å². The molecule has 1 N–H and O–H groups in total. The molecule has 0 radical (unpaired) electrons. The number of carbonyl (C=O) groups is 2. The van der Waals surface area contributed by atoms with Gasteiger partial charge in [-0.15, -0.1) is 10.2 Å². The first-order valence-electron chi connectivity index (χ1n) is 9.09. The van der Waals surface area contributed by atoms with Gasteiger partial charge >= 0.3 is 0 Å². The molecule has 7 nitrogen and oxygen atoms in total. The zero-order valence-corrected chi connectivity index (χ0v) is 17.1. The smallest absolute Gasteiger partial charge is 0.277 e. The molecule has 1 aromatic heterocycles. The predicted molar refractivity (Wildman–Crippen MR) is 112 cm³/mol. The lowest BCUT2D eigenvalue weighted by molar-refractivity contribution is -0.131. The molecule has 150 valence electrons. The molecule has 8 heteroatoms. The van der Waals surface area contributed by atoms with Crippen molar-refractivity contribution in [2.75, 3.05) is 24.7 Å². The van der Waals surface area contributed by atoms with Gasteiger partial charge < -0.3 is 14.6 Å². The summed E-state index contributed by atoms with van der Waals surface area (Å²) in [6.07, 6.45) is 0.543. The summed E-state index contributed by atoms with van der Waals surface area (Å²) >= 11 is 1.16. The Bertz CT molecular complexity index is 958. The van der Waals surface area contributed by atoms with Crippen LogP contribution in [0, 0.1) is 6.92 Å². The Labute approximate surface area is 173 Å². The number of thioether (sulfide) groups is 1. The van der Waals surface area contributed by atoms with Crippen molar-refractivity contribution in [3.05, 3.63) is 71.6 Å². The Morgan fingerprint density at radius 2 is 1.79 bits per heavy atom. The summed E-state index contributed by atoms with van der Waals surface area (Å²) in [5.74, 6) is 0.160. The molecule has 3 aromatic rings. The van der Waals surface area contributed by atoms with Gasteiger partial charge in [-0.05, 0) is 24.6 Å². The minimum absolute atomic E-state index is 0.0314. The van der Waals surface area contributed by atoms with Gasteiger partial charge in [0.15, 0.2) is 0 Å². The van der Waals surface area contributed by atoms with Crippen molar-refractivity contribution in [1.82, 2.24) is 15.1 Å². The lowest BCUT2D eigenvalue weighted by Crippen LogP contribution is -2.35. The number of likely N-dealkylation sites (N-methyl/N-ethyl adjacent to an activating group) is 1. The minimum Gasteiger partial charge on any atom is -0.416 e. The first-order chi connectivity index (χ1) is 14.0. The lowest BCUT2D eigenvalue weighted by atomic mass is 10.2. The van der Waals surface area contributed by atoms with Crippen molar-refractivity contribution >= 4 is 29.3 Å². The Morgan fingerprint density at radius 3 is 2.52 bits per heavy atom. The van der Waals surface area contributed by atoms with Gasteiger partial charge in [-0.1, -0.05) is 59.8 Å². The van der Waals surface area contributed by atoms with Crippen LogP contribution in [0.5, 0.6) is 0 Å². The van der Waals surface area contributed by atoms with E-state index in [2.05, 4.69) is 15.5 Å². The molecule has 29 heavy (non-hydrogen) atoms. The van der Waals surface area contributed by atoms with E-state index in [4.69, 9.17) is 4.42 Å². The molecule has 0 aliphatic rings. The Balaban J connectivity index is 1.44. The van der Waals surface area contributed by atoms with Gasteiger partial charge in [0.05, 0.1) is 18.7 Å². The molecule has 0 aliphatic carbocycles. The third-order valence-electron chi connectivity index (χ3n) is 4.11. The van der Waals surface area contributed by atoms with Gasteiger partial charge in [-0.25, -0.2) is 0 Å². The zero-order valence-electron chi connectivity index (χ0n) is 16.3. The Hall–Kier alpha value is -3.13. The molecule has 2 amide bonds. The van der Waals surface area contributed by atoms with Crippen LogP contribution >= 0.6 is 11.8 Å². The molecule has 3 rings (SSSR count). The van der Waals surface area contributed by atoms with E-state index in [-0.39, 0.29) is 24.1 Å². The van der Waals surface area contributed by atoms with Gasteiger partial charge in [0.1, 0.15) is 0 Å². The standard InChI is InChI=1S/C21H22N4O3S/c1-15-8-10-17(11-9-15)22-18(26)13-25(2)20(27)14-29-21-24-23-19(28-21)12-16-6-4-3-5-7-16/h3-11H,12-14H2,1-2H3,(H,22,26). The number of aromatic nitrogens is 2. The van der Waals surface area contributed by atoms with Gasteiger partial charge in [0.25, 0.3) is 5.22 Å². The molecule has 0 saturated heterocycles. The average Bonchev–Trinajstić information content (AvgIpc) is 3.16. The van der Waals surface area contributed by atoms with E-state index >= 15 is 0 Å². The second-order valence-electron chi connectivity index (χ2n) is 6.58. The third-order valence-corrected chi connectivity index (χ3v) is 4.91. The van der Waals surface area contributed by atoms with Crippen molar-refractivity contribution in [2.24, 2.45) is 0 Å². The second-order valence-corrected chi connectivity index (χ2v) is 7.50. The fraction of sp³-hybridized carbons (Fsp3) is 0.238. The fourth-order valence-electron chi connectivity index (χ4n) is 2.51. The summed E-state index contributed by atoms with van der Waals surface area (Å²) in [5.41, 5.74) is 2.89. The number of anilines is 1. The average molecular weight is 410 g/mol. The topological polar surface area (TPSA) is 88.3 Å². The zero-order chi connectivity index (χ0) is 20.6. The van der Waals surface area contributed by atoms with Crippen LogP contribution in [0.2, 0.25) is 0 Å². The summed E-state index contributed by atoms with van der Waals surface area (Å²) in [4.78, 5) is 25.8. The number of nitrogens with zero attached hydrogens (tertiary/aromatic N) is 3. The van der Waals surface area contributed by atoms with Crippen LogP contribution < -0.4 is 5.32 Å². The summed E-state index contributed by atoms with van der Waals surface area (Å²) in [7, 11) is 1.59. The highest BCUT2D eigenvalue weighted by atomic mass is 32.2. The summed E-state index contributed by atoms with van der Waals surface area (Å²) in [6.45, 7) is 1.94. The van der Waals surface area contributed by atoms with Crippen molar-refractivity contribution in [3.63, 3.8) is 0 Å². The SMILES string of the molecule is Cc1ccc(NC(=O)CN(C)C(=O)CSc2nnc(Cc3ccccc3)o2)cc1. The van der Waals surface area contributed by atoms with E-state index in [1.807, 2.05) is 61.5 Å². The largest absolute Gasteiger partial charge is 0.416 e. The molecule has 2 aromatic carbocycles. The summed E-state index contributed by atoms with van der Waals surface area (Å²) in [6, 6.07) is 17.3. The Morgan fingerprint density at radius 1 is 1.07 bits per heavy atom. The van der Waals surface area contributed by atoms with Crippen LogP contribution in [0.4, 0.5) is 5.69 Å². The first kappa shape index (κ1) is 20.6. The maximum atomic E-state index is 12.3. The van der Waals surface area contributed by atoms with Crippen LogP contribution in [0.25, 0.3) is 0 Å². The number of amides is 2. The lowest BCUT2D eigenvalue weighted by Gasteiger charge is -2.16. The van der Waals surface area contributed by atoms with Gasteiger partial charge in [-0.2, -0.15) is 0 Å². The van der Waals surface area contributed by atoms with Gasteiger partial charge in [0.2, 0.25) is 17.7 Å². The highest BCUT2D eigenvalue weighted by molar-refractivity contribution is 7.99. The molecule has 1 heterocycles. The van der Waals surface area contributed by atoms with Crippen LogP contribution in [0.3, 0.4) is 0 Å². The predicted octanol–water partition coefficient (Wildman–Crippen LogP) is 3.16. The monoisotopic (exact) mass is 410 g/mol. The molecule has 0 spiro atoms. The van der Waals surface area contributed by atoms with E-state index in [0.29, 0.717) is 23.2 Å². The molecule has 0 aliphatic heterocycles. The number of carbonyl (C=O) groups excluding carboxylic acids is 2. The van der Waals surface area contributed by atoms with Crippen molar-refractivity contribution in [3.8, 4) is 0 Å². The van der Waals surface area contributed by atoms with Gasteiger partial charge in [-0.3, -0.25) is 9.59 Å². The van der Waals surface area contributed by atoms with E-state index in [9.17, 15) is 9.59 Å². The maximum Gasteiger partial charge on any atom is 0.277 e. The van der Waals surface area contributed by atoms with Gasteiger partial charge in [0, 0.05) is 12.7 Å². The number of hydrogen-bond acceptors (Lipinski definition) is 6. The van der Waals surface area contributed by atoms with E-state index < -0.39 is 0 Å². The molecular weight excluding hydrogens is 388 g/mol. The van der Waals surface area contributed by atoms with Crippen LogP contribution in [-0.4, -0.2) is 46.3 Å². The van der Waals surface area contributed by atoms with Crippen LogP contribution in [0.1, 0.15) is 17.0 Å². The van der Waals surface area contributed by atoms with Crippen LogP contribution in [-0.2, 0) is 16.0 Å². The Kier molecular flexibility index (Phi) is 7.02. The number of hydrogen-bond donors (Lipinski definition) is 1. The quantitative estimate of drug-likeness (QED) is 0.574.